The third-order valence-corrected chi connectivity index (χ3v) is 5.78. The van der Waals surface area contributed by atoms with Crippen LogP contribution in [0.15, 0.2) is 0 Å². The first-order valence-corrected chi connectivity index (χ1v) is 10.3. The molecular formula is C18H27NO5S. The van der Waals surface area contributed by atoms with Crippen molar-refractivity contribution in [2.75, 3.05) is 12.8 Å². The number of aromatic hydroxyl groups is 1. The molecule has 6 nitrogen and oxygen atoms in total. The highest BCUT2D eigenvalue weighted by Crippen LogP contribution is 2.43. The molecule has 0 radical (unpaired) electrons. The second kappa shape index (κ2) is 6.96. The monoisotopic (exact) mass is 369 g/mol. The highest BCUT2D eigenvalue weighted by molar-refractivity contribution is 7.88. The van der Waals surface area contributed by atoms with E-state index < -0.39 is 15.6 Å². The number of fused-ring (bicyclic) bond motifs is 1. The van der Waals surface area contributed by atoms with E-state index in [4.69, 9.17) is 4.74 Å². The molecule has 7 heteroatoms. The lowest BCUT2D eigenvalue weighted by atomic mass is 9.84. The largest absolute Gasteiger partial charge is 0.507 e. The van der Waals surface area contributed by atoms with Crippen molar-refractivity contribution in [2.45, 2.75) is 59.0 Å². The van der Waals surface area contributed by atoms with E-state index in [1.54, 1.807) is 6.92 Å². The van der Waals surface area contributed by atoms with Crippen molar-refractivity contribution in [3.05, 3.63) is 22.3 Å². The zero-order valence-corrected chi connectivity index (χ0v) is 16.3. The fraction of sp³-hybridized carbons (Fsp3) is 0.611. The molecule has 0 fully saturated rings. The Morgan fingerprint density at radius 2 is 1.88 bits per heavy atom. The van der Waals surface area contributed by atoms with Gasteiger partial charge in [0.15, 0.2) is 11.4 Å². The zero-order chi connectivity index (χ0) is 19.0. The molecule has 25 heavy (non-hydrogen) atoms. The maximum Gasteiger partial charge on any atom is 0.208 e. The second-order valence-corrected chi connectivity index (χ2v) is 8.89. The predicted molar refractivity (Wildman–Crippen MR) is 96.8 cm³/mol. The third kappa shape index (κ3) is 4.15. The molecule has 1 unspecified atom stereocenters. The minimum atomic E-state index is -3.24. The van der Waals surface area contributed by atoms with Gasteiger partial charge in [-0.2, -0.15) is 0 Å². The molecule has 0 spiro atoms. The van der Waals surface area contributed by atoms with E-state index in [2.05, 4.69) is 4.72 Å². The number of ketones is 1. The summed E-state index contributed by atoms with van der Waals surface area (Å²) in [5, 5.41) is 10.2. The average molecular weight is 369 g/mol. The number of carbonyl (C=O) groups is 1. The molecule has 1 heterocycles. The van der Waals surface area contributed by atoms with E-state index in [0.29, 0.717) is 30.8 Å². The number of benzene rings is 1. The molecule has 1 aliphatic rings. The number of sulfonamides is 1. The predicted octanol–water partition coefficient (Wildman–Crippen LogP) is 2.30. The van der Waals surface area contributed by atoms with Crippen molar-refractivity contribution in [1.29, 1.82) is 0 Å². The third-order valence-electron chi connectivity index (χ3n) is 5.05. The van der Waals surface area contributed by atoms with Gasteiger partial charge in [0, 0.05) is 18.5 Å². The van der Waals surface area contributed by atoms with Gasteiger partial charge in [0.05, 0.1) is 6.26 Å². The number of carbonyl (C=O) groups excluding carboxylic acids is 1. The Kier molecular flexibility index (Phi) is 5.49. The SMILES string of the molecule is Cc1c(C)c2c(c(C)c1O)CCC(C)(C(=O)CCCNS(C)(=O)=O)O2. The van der Waals surface area contributed by atoms with Crippen LogP contribution in [0.25, 0.3) is 0 Å². The lowest BCUT2D eigenvalue weighted by Crippen LogP contribution is -2.45. The molecular weight excluding hydrogens is 342 g/mol. The molecule has 2 rings (SSSR count). The highest BCUT2D eigenvalue weighted by atomic mass is 32.2. The van der Waals surface area contributed by atoms with Gasteiger partial charge in [0.1, 0.15) is 11.5 Å². The van der Waals surface area contributed by atoms with E-state index in [-0.39, 0.29) is 18.7 Å². The van der Waals surface area contributed by atoms with Gasteiger partial charge in [-0.15, -0.1) is 0 Å². The first-order chi connectivity index (χ1) is 11.5. The molecule has 0 aliphatic carbocycles. The zero-order valence-electron chi connectivity index (χ0n) is 15.5. The van der Waals surface area contributed by atoms with E-state index in [1.807, 2.05) is 20.8 Å². The molecule has 1 aromatic rings. The number of phenols is 1. The number of phenolic OH excluding ortho intramolecular Hbond substituents is 1. The lowest BCUT2D eigenvalue weighted by Gasteiger charge is -2.36. The van der Waals surface area contributed by atoms with Gasteiger partial charge in [-0.25, -0.2) is 13.1 Å². The first-order valence-electron chi connectivity index (χ1n) is 8.45. The fourth-order valence-corrected chi connectivity index (χ4v) is 3.73. The summed E-state index contributed by atoms with van der Waals surface area (Å²) >= 11 is 0. The number of ether oxygens (including phenoxy) is 1. The quantitative estimate of drug-likeness (QED) is 0.751. The molecule has 0 saturated heterocycles. The summed E-state index contributed by atoms with van der Waals surface area (Å²) in [6.45, 7) is 7.62. The summed E-state index contributed by atoms with van der Waals surface area (Å²) in [5.41, 5.74) is 2.48. The standard InChI is InChI=1S/C18H27NO5S/c1-11-12(2)17-14(13(3)16(11)21)8-9-18(4,24-17)15(20)7-6-10-19-25(5,22)23/h19,21H,6-10H2,1-5H3. The topological polar surface area (TPSA) is 92.7 Å². The first kappa shape index (κ1) is 19.7. The number of Topliss-reactive ketones (excluding diaryl/α,β-unsaturated/α-hetero) is 1. The van der Waals surface area contributed by atoms with Crippen LogP contribution >= 0.6 is 0 Å². The van der Waals surface area contributed by atoms with Crippen molar-refractivity contribution in [2.24, 2.45) is 0 Å². The number of hydrogen-bond donors (Lipinski definition) is 2. The van der Waals surface area contributed by atoms with Crippen molar-refractivity contribution in [3.8, 4) is 11.5 Å². The van der Waals surface area contributed by atoms with E-state index in [9.17, 15) is 18.3 Å². The second-order valence-electron chi connectivity index (χ2n) is 7.06. The van der Waals surface area contributed by atoms with Crippen LogP contribution in [0.2, 0.25) is 0 Å². The molecule has 1 aliphatic heterocycles. The maximum absolute atomic E-state index is 12.7. The van der Waals surface area contributed by atoms with Gasteiger partial charge in [0.25, 0.3) is 0 Å². The van der Waals surface area contributed by atoms with Crippen LogP contribution in [0.1, 0.15) is 48.4 Å². The summed E-state index contributed by atoms with van der Waals surface area (Å²) in [6.07, 6.45) is 2.99. The van der Waals surface area contributed by atoms with Gasteiger partial charge in [0.2, 0.25) is 10.0 Å². The van der Waals surface area contributed by atoms with Crippen molar-refractivity contribution < 1.29 is 23.1 Å². The molecule has 0 amide bonds. The Morgan fingerprint density at radius 3 is 2.48 bits per heavy atom. The minimum Gasteiger partial charge on any atom is -0.507 e. The molecule has 0 aromatic heterocycles. The van der Waals surface area contributed by atoms with E-state index in [0.717, 1.165) is 28.5 Å². The van der Waals surface area contributed by atoms with Crippen LogP contribution in [0, 0.1) is 20.8 Å². The van der Waals surface area contributed by atoms with Crippen LogP contribution in [0.3, 0.4) is 0 Å². The molecule has 0 saturated carbocycles. The Hall–Kier alpha value is -1.60. The molecule has 0 bridgehead atoms. The van der Waals surface area contributed by atoms with Crippen LogP contribution in [-0.2, 0) is 21.2 Å². The van der Waals surface area contributed by atoms with Crippen LogP contribution < -0.4 is 9.46 Å². The smallest absolute Gasteiger partial charge is 0.208 e. The number of nitrogens with one attached hydrogen (secondary N) is 1. The molecule has 1 aromatic carbocycles. The van der Waals surface area contributed by atoms with Gasteiger partial charge in [-0.1, -0.05) is 0 Å². The van der Waals surface area contributed by atoms with E-state index >= 15 is 0 Å². The van der Waals surface area contributed by atoms with Gasteiger partial charge >= 0.3 is 0 Å². The van der Waals surface area contributed by atoms with Gasteiger partial charge < -0.3 is 9.84 Å². The minimum absolute atomic E-state index is 0.0313. The molecule has 1 atom stereocenters. The number of hydrogen-bond acceptors (Lipinski definition) is 5. The average Bonchev–Trinajstić information content (AvgIpc) is 2.53. The lowest BCUT2D eigenvalue weighted by molar-refractivity contribution is -0.134. The van der Waals surface area contributed by atoms with Crippen LogP contribution in [0.5, 0.6) is 11.5 Å². The van der Waals surface area contributed by atoms with E-state index in [1.165, 1.54) is 0 Å². The van der Waals surface area contributed by atoms with Crippen molar-refractivity contribution in [1.82, 2.24) is 4.72 Å². The number of rotatable bonds is 6. The Labute approximate surface area is 149 Å². The summed E-state index contributed by atoms with van der Waals surface area (Å²) in [6, 6.07) is 0. The van der Waals surface area contributed by atoms with Crippen molar-refractivity contribution >= 4 is 15.8 Å². The molecule has 2 N–H and O–H groups in total. The van der Waals surface area contributed by atoms with Crippen LogP contribution in [0.4, 0.5) is 0 Å². The Bertz CT molecular complexity index is 800. The fourth-order valence-electron chi connectivity index (χ4n) is 3.21. The molecule has 140 valence electrons. The van der Waals surface area contributed by atoms with Crippen LogP contribution in [-0.4, -0.2) is 37.7 Å². The van der Waals surface area contributed by atoms with Crippen molar-refractivity contribution in [3.63, 3.8) is 0 Å². The maximum atomic E-state index is 12.7. The summed E-state index contributed by atoms with van der Waals surface area (Å²) in [7, 11) is -3.24. The summed E-state index contributed by atoms with van der Waals surface area (Å²) in [5.74, 6) is 0.960. The summed E-state index contributed by atoms with van der Waals surface area (Å²) < 4.78 is 30.6. The normalized spacial score (nSPS) is 20.0. The van der Waals surface area contributed by atoms with Gasteiger partial charge in [-0.05, 0) is 63.6 Å². The Balaban J connectivity index is 2.13. The van der Waals surface area contributed by atoms with Gasteiger partial charge in [-0.3, -0.25) is 4.79 Å². The highest BCUT2D eigenvalue weighted by Gasteiger charge is 2.39. The Morgan fingerprint density at radius 1 is 1.24 bits per heavy atom. The summed E-state index contributed by atoms with van der Waals surface area (Å²) in [4.78, 5) is 12.7.